The maximum atomic E-state index is 12.3. The number of halogens is 3. The lowest BCUT2D eigenvalue weighted by atomic mass is 10.0. The summed E-state index contributed by atoms with van der Waals surface area (Å²) in [5.41, 5.74) is 6.57. The summed E-state index contributed by atoms with van der Waals surface area (Å²) in [6.45, 7) is 8.17. The van der Waals surface area contributed by atoms with Crippen LogP contribution < -0.4 is 10.5 Å². The molecule has 0 saturated carbocycles. The number of nitrogens with zero attached hydrogens (tertiary/aromatic N) is 1. The van der Waals surface area contributed by atoms with E-state index in [0.717, 1.165) is 18.7 Å². The van der Waals surface area contributed by atoms with Gasteiger partial charge < -0.3 is 10.5 Å². The Balaban J connectivity index is 2.97. The van der Waals surface area contributed by atoms with E-state index in [2.05, 4.69) is 23.5 Å². The molecule has 0 fully saturated rings. The molecule has 1 rings (SSSR count). The Morgan fingerprint density at radius 2 is 1.95 bits per heavy atom. The summed E-state index contributed by atoms with van der Waals surface area (Å²) >= 11 is 0. The maximum Gasteiger partial charge on any atom is 0.573 e. The third-order valence-corrected chi connectivity index (χ3v) is 3.15. The highest BCUT2D eigenvalue weighted by Crippen LogP contribution is 2.27. The van der Waals surface area contributed by atoms with E-state index in [1.165, 1.54) is 12.1 Å². The van der Waals surface area contributed by atoms with E-state index in [1.807, 2.05) is 6.92 Å². The molecule has 0 radical (unpaired) electrons. The summed E-state index contributed by atoms with van der Waals surface area (Å²) in [5, 5.41) is 0. The van der Waals surface area contributed by atoms with Gasteiger partial charge in [-0.2, -0.15) is 0 Å². The zero-order valence-electron chi connectivity index (χ0n) is 12.7. The van der Waals surface area contributed by atoms with Gasteiger partial charge in [0.2, 0.25) is 0 Å². The molecule has 0 aliphatic rings. The van der Waals surface area contributed by atoms with Crippen LogP contribution in [0.3, 0.4) is 0 Å². The van der Waals surface area contributed by atoms with Crippen molar-refractivity contribution in [3.63, 3.8) is 0 Å². The molecule has 0 spiro atoms. The summed E-state index contributed by atoms with van der Waals surface area (Å²) in [6.07, 6.45) is -4.68. The number of ether oxygens (including phenoxy) is 1. The maximum absolute atomic E-state index is 12.3. The van der Waals surface area contributed by atoms with Crippen LogP contribution in [0, 0.1) is 5.92 Å². The third kappa shape index (κ3) is 5.93. The first-order valence-electron chi connectivity index (χ1n) is 7.06. The van der Waals surface area contributed by atoms with Crippen LogP contribution in [-0.2, 0) is 0 Å². The van der Waals surface area contributed by atoms with Crippen molar-refractivity contribution in [2.45, 2.75) is 33.2 Å². The van der Waals surface area contributed by atoms with Gasteiger partial charge in [-0.1, -0.05) is 32.9 Å². The first-order chi connectivity index (χ1) is 9.76. The molecule has 1 atom stereocenters. The van der Waals surface area contributed by atoms with E-state index < -0.39 is 6.36 Å². The van der Waals surface area contributed by atoms with Crippen LogP contribution in [0.15, 0.2) is 24.3 Å². The Kier molecular flexibility index (Phi) is 6.48. The minimum atomic E-state index is -4.68. The normalized spacial score (nSPS) is 13.8. The van der Waals surface area contributed by atoms with Gasteiger partial charge in [-0.15, -0.1) is 13.2 Å². The smallest absolute Gasteiger partial charge is 0.406 e. The fraction of sp³-hybridized carbons (Fsp3) is 0.600. The van der Waals surface area contributed by atoms with Crippen molar-refractivity contribution < 1.29 is 17.9 Å². The average molecular weight is 304 g/mol. The molecule has 3 nitrogen and oxygen atoms in total. The van der Waals surface area contributed by atoms with Gasteiger partial charge >= 0.3 is 6.36 Å². The molecule has 1 aromatic carbocycles. The lowest BCUT2D eigenvalue weighted by Crippen LogP contribution is -2.36. The van der Waals surface area contributed by atoms with Gasteiger partial charge in [0.25, 0.3) is 0 Å². The predicted molar refractivity (Wildman–Crippen MR) is 77.0 cm³/mol. The van der Waals surface area contributed by atoms with E-state index in [9.17, 15) is 13.2 Å². The Labute approximate surface area is 123 Å². The van der Waals surface area contributed by atoms with Gasteiger partial charge in [-0.05, 0) is 30.2 Å². The van der Waals surface area contributed by atoms with Gasteiger partial charge in [0.1, 0.15) is 5.75 Å². The second-order valence-electron chi connectivity index (χ2n) is 5.35. The van der Waals surface area contributed by atoms with Gasteiger partial charge in [-0.25, -0.2) is 0 Å². The van der Waals surface area contributed by atoms with E-state index in [4.69, 9.17) is 5.73 Å². The van der Waals surface area contributed by atoms with Crippen molar-refractivity contribution in [1.29, 1.82) is 0 Å². The Morgan fingerprint density at radius 3 is 2.43 bits per heavy atom. The third-order valence-electron chi connectivity index (χ3n) is 3.15. The van der Waals surface area contributed by atoms with Gasteiger partial charge in [0, 0.05) is 19.1 Å². The van der Waals surface area contributed by atoms with Crippen molar-refractivity contribution in [3.05, 3.63) is 29.8 Å². The fourth-order valence-electron chi connectivity index (χ4n) is 2.36. The van der Waals surface area contributed by atoms with E-state index in [0.29, 0.717) is 12.5 Å². The number of hydrogen-bond donors (Lipinski definition) is 1. The molecule has 0 heterocycles. The molecule has 120 valence electrons. The predicted octanol–water partition coefficient (Wildman–Crippen LogP) is 3.56. The summed E-state index contributed by atoms with van der Waals surface area (Å²) in [4.78, 5) is 2.16. The molecule has 0 amide bonds. The average Bonchev–Trinajstić information content (AvgIpc) is 2.36. The number of alkyl halides is 3. The first kappa shape index (κ1) is 17.8. The van der Waals surface area contributed by atoms with Crippen molar-refractivity contribution in [1.82, 2.24) is 4.90 Å². The summed E-state index contributed by atoms with van der Waals surface area (Å²) in [7, 11) is 0. The molecular formula is C15H23F3N2O. The van der Waals surface area contributed by atoms with Crippen LogP contribution in [0.1, 0.15) is 32.4 Å². The highest BCUT2D eigenvalue weighted by atomic mass is 19.4. The van der Waals surface area contributed by atoms with E-state index in [1.54, 1.807) is 12.1 Å². The molecule has 0 saturated heterocycles. The molecule has 1 unspecified atom stereocenters. The highest BCUT2D eigenvalue weighted by Gasteiger charge is 2.31. The molecule has 0 aromatic heterocycles. The van der Waals surface area contributed by atoms with Crippen molar-refractivity contribution in [3.8, 4) is 5.75 Å². The minimum Gasteiger partial charge on any atom is -0.406 e. The van der Waals surface area contributed by atoms with Crippen molar-refractivity contribution in [2.75, 3.05) is 19.6 Å². The summed E-state index contributed by atoms with van der Waals surface area (Å²) in [6, 6.07) is 5.93. The molecule has 1 aromatic rings. The van der Waals surface area contributed by atoms with E-state index in [-0.39, 0.29) is 11.8 Å². The molecule has 0 aliphatic carbocycles. The molecule has 0 bridgehead atoms. The monoisotopic (exact) mass is 304 g/mol. The van der Waals surface area contributed by atoms with Crippen LogP contribution >= 0.6 is 0 Å². The summed E-state index contributed by atoms with van der Waals surface area (Å²) in [5.74, 6) is 0.243. The van der Waals surface area contributed by atoms with Crippen LogP contribution in [0.2, 0.25) is 0 Å². The van der Waals surface area contributed by atoms with Crippen LogP contribution in [0.5, 0.6) is 5.75 Å². The molecule has 6 heteroatoms. The fourth-order valence-corrected chi connectivity index (χ4v) is 2.36. The minimum absolute atomic E-state index is 0.116. The highest BCUT2D eigenvalue weighted by molar-refractivity contribution is 5.31. The molecule has 0 aliphatic heterocycles. The summed E-state index contributed by atoms with van der Waals surface area (Å²) < 4.78 is 40.9. The van der Waals surface area contributed by atoms with Crippen molar-refractivity contribution in [2.24, 2.45) is 11.7 Å². The quantitative estimate of drug-likeness (QED) is 0.837. The topological polar surface area (TPSA) is 38.5 Å². The number of benzene rings is 1. The molecule has 21 heavy (non-hydrogen) atoms. The number of rotatable bonds is 7. The number of hydrogen-bond acceptors (Lipinski definition) is 3. The largest absolute Gasteiger partial charge is 0.573 e. The van der Waals surface area contributed by atoms with Crippen LogP contribution in [0.4, 0.5) is 13.2 Å². The Hall–Kier alpha value is -1.27. The molecular weight excluding hydrogens is 281 g/mol. The lowest BCUT2D eigenvalue weighted by Gasteiger charge is -2.31. The zero-order chi connectivity index (χ0) is 16.0. The number of likely N-dealkylation sites (N-methyl/N-ethyl adjacent to an activating group) is 1. The van der Waals surface area contributed by atoms with E-state index >= 15 is 0 Å². The molecule has 2 N–H and O–H groups in total. The van der Waals surface area contributed by atoms with Crippen LogP contribution in [-0.4, -0.2) is 30.9 Å². The van der Waals surface area contributed by atoms with Gasteiger partial charge in [-0.3, -0.25) is 4.90 Å². The lowest BCUT2D eigenvalue weighted by molar-refractivity contribution is -0.274. The number of nitrogens with two attached hydrogens (primary N) is 1. The standard InChI is InChI=1S/C15H23F3N2O/c1-4-20(10-11(2)3)14(9-19)12-6-5-7-13(8-12)21-15(16,17)18/h5-8,11,14H,4,9-10,19H2,1-3H3. The second kappa shape index (κ2) is 7.66. The first-order valence-corrected chi connectivity index (χ1v) is 7.06. The Bertz CT molecular complexity index is 435. The zero-order valence-corrected chi connectivity index (χ0v) is 12.7. The van der Waals surface area contributed by atoms with Gasteiger partial charge in [0.15, 0.2) is 0 Å². The SMILES string of the molecule is CCN(CC(C)C)C(CN)c1cccc(OC(F)(F)F)c1. The van der Waals surface area contributed by atoms with Gasteiger partial charge in [0.05, 0.1) is 0 Å². The Morgan fingerprint density at radius 1 is 1.29 bits per heavy atom. The second-order valence-corrected chi connectivity index (χ2v) is 5.35. The van der Waals surface area contributed by atoms with Crippen LogP contribution in [0.25, 0.3) is 0 Å². The van der Waals surface area contributed by atoms with Crippen molar-refractivity contribution >= 4 is 0 Å².